The van der Waals surface area contributed by atoms with E-state index in [9.17, 15) is 31.1 Å². The first kappa shape index (κ1) is 20.1. The zero-order chi connectivity index (χ0) is 20.5. The van der Waals surface area contributed by atoms with Crippen LogP contribution in [-0.2, 0) is 28.4 Å². The minimum atomic E-state index is -4.91. The van der Waals surface area contributed by atoms with Crippen LogP contribution in [0.25, 0.3) is 11.4 Å². The van der Waals surface area contributed by atoms with Gasteiger partial charge in [-0.15, -0.1) is 0 Å². The Balaban J connectivity index is 1.84. The van der Waals surface area contributed by atoms with Gasteiger partial charge in [-0.3, -0.25) is 4.79 Å². The number of benzene rings is 1. The van der Waals surface area contributed by atoms with Gasteiger partial charge in [0.15, 0.2) is 0 Å². The summed E-state index contributed by atoms with van der Waals surface area (Å²) >= 11 is 0. The zero-order valence-corrected chi connectivity index (χ0v) is 14.0. The molecular weight excluding hydrogens is 396 g/mol. The van der Waals surface area contributed by atoms with Crippen molar-refractivity contribution >= 4 is 5.91 Å². The summed E-state index contributed by atoms with van der Waals surface area (Å²) in [6.45, 7) is -0.0148. The highest BCUT2D eigenvalue weighted by Gasteiger charge is 2.39. The van der Waals surface area contributed by atoms with Crippen molar-refractivity contribution in [2.24, 2.45) is 0 Å². The maximum atomic E-state index is 13.4. The van der Waals surface area contributed by atoms with E-state index in [0.29, 0.717) is 25.5 Å². The zero-order valence-electron chi connectivity index (χ0n) is 14.0. The molecular formula is C16H13F6N3O3. The summed E-state index contributed by atoms with van der Waals surface area (Å²) in [5.74, 6) is -2.82. The van der Waals surface area contributed by atoms with Crippen LogP contribution in [0.2, 0.25) is 0 Å². The fourth-order valence-corrected chi connectivity index (χ4v) is 2.67. The van der Waals surface area contributed by atoms with Crippen molar-refractivity contribution in [1.82, 2.24) is 15.5 Å². The molecule has 0 spiro atoms. The third-order valence-corrected chi connectivity index (χ3v) is 4.02. The van der Waals surface area contributed by atoms with E-state index in [1.165, 1.54) is 0 Å². The van der Waals surface area contributed by atoms with E-state index in [2.05, 4.69) is 20.0 Å². The molecule has 2 aromatic rings. The van der Waals surface area contributed by atoms with Crippen LogP contribution >= 0.6 is 0 Å². The van der Waals surface area contributed by atoms with E-state index >= 15 is 0 Å². The van der Waals surface area contributed by atoms with Gasteiger partial charge in [0.2, 0.25) is 11.7 Å². The molecule has 1 aromatic heterocycles. The smallest absolute Gasteiger partial charge is 0.368 e. The maximum absolute atomic E-state index is 13.4. The molecule has 3 rings (SSSR count). The number of carbonyl (C=O) groups excluding carboxylic acids is 1. The summed E-state index contributed by atoms with van der Waals surface area (Å²) < 4.78 is 86.9. The van der Waals surface area contributed by atoms with Gasteiger partial charge in [-0.2, -0.15) is 31.3 Å². The highest BCUT2D eigenvalue weighted by molar-refractivity contribution is 5.81. The average Bonchev–Trinajstić information content (AvgIpc) is 3.29. The predicted molar refractivity (Wildman–Crippen MR) is 80.6 cm³/mol. The molecule has 1 aromatic carbocycles. The van der Waals surface area contributed by atoms with Gasteiger partial charge in [0, 0.05) is 18.7 Å². The van der Waals surface area contributed by atoms with Crippen LogP contribution in [0.15, 0.2) is 22.7 Å². The van der Waals surface area contributed by atoms with Crippen molar-refractivity contribution in [2.75, 3.05) is 6.61 Å². The van der Waals surface area contributed by atoms with E-state index in [4.69, 9.17) is 4.74 Å². The van der Waals surface area contributed by atoms with E-state index in [-0.39, 0.29) is 11.1 Å². The molecule has 0 bridgehead atoms. The van der Waals surface area contributed by atoms with E-state index in [0.717, 1.165) is 12.1 Å². The number of nitrogens with one attached hydrogen (secondary N) is 1. The number of hydrogen-bond acceptors (Lipinski definition) is 5. The summed E-state index contributed by atoms with van der Waals surface area (Å²) in [5.41, 5.74) is -1.70. The molecule has 0 saturated carbocycles. The number of halogens is 6. The van der Waals surface area contributed by atoms with Crippen molar-refractivity contribution in [3.63, 3.8) is 0 Å². The Morgan fingerprint density at radius 3 is 2.50 bits per heavy atom. The summed E-state index contributed by atoms with van der Waals surface area (Å²) in [5, 5.41) is 5.45. The van der Waals surface area contributed by atoms with Crippen LogP contribution in [0.5, 0.6) is 0 Å². The first-order chi connectivity index (χ1) is 13.1. The van der Waals surface area contributed by atoms with Crippen LogP contribution < -0.4 is 5.32 Å². The topological polar surface area (TPSA) is 77.3 Å². The SMILES string of the molecule is O=C(NCc1ccc(-c2noc(C(F)(F)F)n2)cc1C(F)(F)F)C1CCCO1. The summed E-state index contributed by atoms with van der Waals surface area (Å²) in [7, 11) is 0. The number of carbonyl (C=O) groups is 1. The Morgan fingerprint density at radius 2 is 1.93 bits per heavy atom. The fraction of sp³-hybridized carbons (Fsp3) is 0.438. The molecule has 1 unspecified atom stereocenters. The molecule has 1 atom stereocenters. The molecule has 6 nitrogen and oxygen atoms in total. The summed E-state index contributed by atoms with van der Waals surface area (Å²) in [6, 6.07) is 2.77. The van der Waals surface area contributed by atoms with Crippen LogP contribution in [0.3, 0.4) is 0 Å². The molecule has 1 saturated heterocycles. The molecule has 152 valence electrons. The number of ether oxygens (including phenoxy) is 1. The molecule has 0 aliphatic carbocycles. The summed E-state index contributed by atoms with van der Waals surface area (Å²) in [6.07, 6.45) is -9.25. The maximum Gasteiger partial charge on any atom is 0.471 e. The predicted octanol–water partition coefficient (Wildman–Crippen LogP) is 3.57. The largest absolute Gasteiger partial charge is 0.471 e. The first-order valence-corrected chi connectivity index (χ1v) is 8.06. The van der Waals surface area contributed by atoms with Crippen molar-refractivity contribution in [3.05, 3.63) is 35.2 Å². The fourth-order valence-electron chi connectivity index (χ4n) is 2.67. The van der Waals surface area contributed by atoms with Gasteiger partial charge < -0.3 is 14.6 Å². The lowest BCUT2D eigenvalue weighted by Gasteiger charge is -2.16. The lowest BCUT2D eigenvalue weighted by atomic mass is 10.0. The number of hydrogen-bond donors (Lipinski definition) is 1. The second kappa shape index (κ2) is 7.41. The van der Waals surface area contributed by atoms with Crippen molar-refractivity contribution in [3.8, 4) is 11.4 Å². The Labute approximate surface area is 153 Å². The van der Waals surface area contributed by atoms with Crippen LogP contribution in [0, 0.1) is 0 Å². The molecule has 0 radical (unpaired) electrons. The Morgan fingerprint density at radius 1 is 1.18 bits per heavy atom. The Bertz CT molecular complexity index is 856. The molecule has 2 heterocycles. The Hall–Kier alpha value is -2.63. The van der Waals surface area contributed by atoms with E-state index < -0.39 is 48.2 Å². The quantitative estimate of drug-likeness (QED) is 0.782. The van der Waals surface area contributed by atoms with Crippen molar-refractivity contribution in [1.29, 1.82) is 0 Å². The minimum Gasteiger partial charge on any atom is -0.368 e. The second-order valence-corrected chi connectivity index (χ2v) is 6.01. The molecule has 12 heteroatoms. The first-order valence-electron chi connectivity index (χ1n) is 8.06. The van der Waals surface area contributed by atoms with Gasteiger partial charge in [0.1, 0.15) is 6.10 Å². The minimum absolute atomic E-state index is 0.262. The summed E-state index contributed by atoms with van der Waals surface area (Å²) in [4.78, 5) is 15.0. The van der Waals surface area contributed by atoms with Gasteiger partial charge in [0.25, 0.3) is 0 Å². The Kier molecular flexibility index (Phi) is 5.33. The third kappa shape index (κ3) is 4.43. The van der Waals surface area contributed by atoms with Gasteiger partial charge in [0.05, 0.1) is 5.56 Å². The second-order valence-electron chi connectivity index (χ2n) is 6.01. The molecule has 1 fully saturated rings. The van der Waals surface area contributed by atoms with E-state index in [1.54, 1.807) is 0 Å². The number of alkyl halides is 6. The lowest BCUT2D eigenvalue weighted by molar-refractivity contribution is -0.159. The lowest BCUT2D eigenvalue weighted by Crippen LogP contribution is -2.34. The van der Waals surface area contributed by atoms with Crippen molar-refractivity contribution < 1.29 is 40.4 Å². The van der Waals surface area contributed by atoms with Gasteiger partial charge in [-0.1, -0.05) is 17.3 Å². The highest BCUT2D eigenvalue weighted by Crippen LogP contribution is 2.35. The molecule has 1 N–H and O–H groups in total. The standard InChI is InChI=1S/C16H13F6N3O3/c17-15(18,19)10-6-8(12-24-14(28-25-12)16(20,21)22)3-4-9(10)7-23-13(26)11-2-1-5-27-11/h3-4,6,11H,1-2,5,7H2,(H,23,26). The molecule has 1 aliphatic rings. The average molecular weight is 409 g/mol. The number of aromatic nitrogens is 2. The van der Waals surface area contributed by atoms with Crippen LogP contribution in [-0.4, -0.2) is 28.8 Å². The number of nitrogens with zero attached hydrogens (tertiary/aromatic N) is 2. The molecule has 1 amide bonds. The molecule has 1 aliphatic heterocycles. The number of rotatable bonds is 4. The number of amides is 1. The normalized spacial score (nSPS) is 17.7. The van der Waals surface area contributed by atoms with Crippen LogP contribution in [0.1, 0.15) is 29.9 Å². The van der Waals surface area contributed by atoms with Crippen LogP contribution in [0.4, 0.5) is 26.3 Å². The van der Waals surface area contributed by atoms with Crippen molar-refractivity contribution in [2.45, 2.75) is 37.8 Å². The van der Waals surface area contributed by atoms with Gasteiger partial charge in [-0.05, 0) is 24.5 Å². The monoisotopic (exact) mass is 409 g/mol. The highest BCUT2D eigenvalue weighted by atomic mass is 19.4. The van der Waals surface area contributed by atoms with Gasteiger partial charge >= 0.3 is 18.2 Å². The van der Waals surface area contributed by atoms with E-state index in [1.807, 2.05) is 0 Å². The van der Waals surface area contributed by atoms with Gasteiger partial charge in [-0.25, -0.2) is 0 Å². The molecule has 28 heavy (non-hydrogen) atoms. The third-order valence-electron chi connectivity index (χ3n) is 4.02.